The molecule has 78 valence electrons. The molecule has 4 nitrogen and oxygen atoms in total. The molecule has 0 amide bonds. The van der Waals surface area contributed by atoms with Crippen LogP contribution in [-0.2, 0) is 14.3 Å². The van der Waals surface area contributed by atoms with Gasteiger partial charge in [0.05, 0.1) is 12.7 Å². The maximum atomic E-state index is 11.7. The summed E-state index contributed by atoms with van der Waals surface area (Å²) in [5.41, 5.74) is 5.47. The first-order valence-corrected chi connectivity index (χ1v) is 5.04. The van der Waals surface area contributed by atoms with Crippen molar-refractivity contribution in [2.45, 2.75) is 31.5 Å². The summed E-state index contributed by atoms with van der Waals surface area (Å²) in [6.07, 6.45) is 4.02. The number of nitrogens with two attached hydrogens (primary N) is 1. The van der Waals surface area contributed by atoms with Crippen LogP contribution in [0.1, 0.15) is 19.3 Å². The average Bonchev–Trinajstić information content (AvgIpc) is 2.88. The van der Waals surface area contributed by atoms with Crippen LogP contribution in [0.15, 0.2) is 11.8 Å². The topological polar surface area (TPSA) is 61.6 Å². The molecule has 2 N–H and O–H groups in total. The van der Waals surface area contributed by atoms with Gasteiger partial charge in [-0.15, -0.1) is 0 Å². The zero-order valence-corrected chi connectivity index (χ0v) is 8.07. The predicted octanol–water partition coefficient (Wildman–Crippen LogP) is 0.366. The molecular formula is C10H15NO3. The van der Waals surface area contributed by atoms with E-state index in [1.165, 1.54) is 0 Å². The molecule has 0 bridgehead atoms. The minimum Gasteiger partial charge on any atom is -0.490 e. The molecule has 0 aromatic heterocycles. The van der Waals surface area contributed by atoms with E-state index in [1.54, 1.807) is 0 Å². The van der Waals surface area contributed by atoms with E-state index in [2.05, 4.69) is 0 Å². The van der Waals surface area contributed by atoms with E-state index in [-0.39, 0.29) is 18.0 Å². The van der Waals surface area contributed by atoms with Gasteiger partial charge in [0.25, 0.3) is 0 Å². The van der Waals surface area contributed by atoms with Crippen LogP contribution in [-0.4, -0.2) is 31.1 Å². The lowest BCUT2D eigenvalue weighted by molar-refractivity contribution is -0.128. The van der Waals surface area contributed by atoms with Gasteiger partial charge < -0.3 is 15.2 Å². The van der Waals surface area contributed by atoms with Gasteiger partial charge in [-0.05, 0) is 18.9 Å². The highest BCUT2D eigenvalue weighted by atomic mass is 16.5. The van der Waals surface area contributed by atoms with E-state index < -0.39 is 0 Å². The Morgan fingerprint density at radius 3 is 3.00 bits per heavy atom. The standard InChI is InChI=1S/C10H15NO3/c11-6-7-3-4-9(14-7)10(12)8-2-1-5-13-8/h2,7,9H,1,3-6,11H2. The number of hydrogen-bond acceptors (Lipinski definition) is 4. The molecule has 0 spiro atoms. The molecule has 1 saturated heterocycles. The third-order valence-electron chi connectivity index (χ3n) is 2.61. The van der Waals surface area contributed by atoms with Crippen LogP contribution < -0.4 is 5.73 Å². The minimum absolute atomic E-state index is 0.0153. The molecule has 0 radical (unpaired) electrons. The third-order valence-corrected chi connectivity index (χ3v) is 2.61. The quantitative estimate of drug-likeness (QED) is 0.710. The van der Waals surface area contributed by atoms with Crippen LogP contribution in [0.2, 0.25) is 0 Å². The molecule has 0 aliphatic carbocycles. The molecule has 14 heavy (non-hydrogen) atoms. The van der Waals surface area contributed by atoms with Crippen molar-refractivity contribution in [3.8, 4) is 0 Å². The van der Waals surface area contributed by atoms with Gasteiger partial charge in [-0.25, -0.2) is 0 Å². The van der Waals surface area contributed by atoms with Crippen molar-refractivity contribution in [2.75, 3.05) is 13.2 Å². The maximum Gasteiger partial charge on any atom is 0.225 e. The van der Waals surface area contributed by atoms with Crippen LogP contribution in [0.25, 0.3) is 0 Å². The van der Waals surface area contributed by atoms with Crippen molar-refractivity contribution < 1.29 is 14.3 Å². The summed E-state index contributed by atoms with van der Waals surface area (Å²) in [6, 6.07) is 0. The van der Waals surface area contributed by atoms with Gasteiger partial charge in [-0.1, -0.05) is 0 Å². The molecule has 0 aromatic rings. The van der Waals surface area contributed by atoms with Crippen molar-refractivity contribution in [3.05, 3.63) is 11.8 Å². The van der Waals surface area contributed by atoms with Crippen LogP contribution in [0, 0.1) is 0 Å². The highest BCUT2D eigenvalue weighted by Gasteiger charge is 2.32. The molecule has 0 saturated carbocycles. The smallest absolute Gasteiger partial charge is 0.225 e. The number of ether oxygens (including phenoxy) is 2. The Labute approximate surface area is 83.1 Å². The average molecular weight is 197 g/mol. The lowest BCUT2D eigenvalue weighted by Crippen LogP contribution is -2.26. The number of carbonyl (C=O) groups is 1. The third kappa shape index (κ3) is 1.81. The Morgan fingerprint density at radius 2 is 2.43 bits per heavy atom. The highest BCUT2D eigenvalue weighted by molar-refractivity contribution is 5.97. The fourth-order valence-corrected chi connectivity index (χ4v) is 1.82. The number of Topliss-reactive ketones (excluding diaryl/α,β-unsaturated/α-hetero) is 1. The Balaban J connectivity index is 1.93. The first-order chi connectivity index (χ1) is 6.81. The van der Waals surface area contributed by atoms with E-state index in [4.69, 9.17) is 15.2 Å². The van der Waals surface area contributed by atoms with Crippen LogP contribution in [0.3, 0.4) is 0 Å². The van der Waals surface area contributed by atoms with Gasteiger partial charge in [0.15, 0.2) is 5.76 Å². The zero-order valence-electron chi connectivity index (χ0n) is 8.07. The Morgan fingerprint density at radius 1 is 1.57 bits per heavy atom. The SMILES string of the molecule is NCC1CCC(C(=O)C2=CCCO2)O1. The van der Waals surface area contributed by atoms with Crippen molar-refractivity contribution in [2.24, 2.45) is 5.73 Å². The van der Waals surface area contributed by atoms with Gasteiger partial charge >= 0.3 is 0 Å². The van der Waals surface area contributed by atoms with E-state index in [0.717, 1.165) is 19.3 Å². The van der Waals surface area contributed by atoms with Crippen LogP contribution in [0.5, 0.6) is 0 Å². The van der Waals surface area contributed by atoms with Crippen LogP contribution >= 0.6 is 0 Å². The van der Waals surface area contributed by atoms with Crippen molar-refractivity contribution >= 4 is 5.78 Å². The maximum absolute atomic E-state index is 11.7. The van der Waals surface area contributed by atoms with E-state index in [0.29, 0.717) is 18.9 Å². The molecular weight excluding hydrogens is 182 g/mol. The second-order valence-corrected chi connectivity index (χ2v) is 3.63. The normalized spacial score (nSPS) is 31.4. The molecule has 4 heteroatoms. The van der Waals surface area contributed by atoms with Crippen LogP contribution in [0.4, 0.5) is 0 Å². The predicted molar refractivity (Wildman–Crippen MR) is 50.6 cm³/mol. The van der Waals surface area contributed by atoms with E-state index in [1.807, 2.05) is 6.08 Å². The number of hydrogen-bond donors (Lipinski definition) is 1. The summed E-state index contributed by atoms with van der Waals surface area (Å²) in [4.78, 5) is 11.7. The largest absolute Gasteiger partial charge is 0.490 e. The Kier molecular flexibility index (Phi) is 2.84. The summed E-state index contributed by atoms with van der Waals surface area (Å²) < 4.78 is 10.7. The highest BCUT2D eigenvalue weighted by Crippen LogP contribution is 2.23. The number of rotatable bonds is 3. The summed E-state index contributed by atoms with van der Waals surface area (Å²) in [6.45, 7) is 1.11. The second kappa shape index (κ2) is 4.11. The first kappa shape index (κ1) is 9.68. The summed E-state index contributed by atoms with van der Waals surface area (Å²) in [5.74, 6) is 0.464. The number of ketones is 1. The fraction of sp³-hybridized carbons (Fsp3) is 0.700. The number of carbonyl (C=O) groups excluding carboxylic acids is 1. The zero-order chi connectivity index (χ0) is 9.97. The lowest BCUT2D eigenvalue weighted by Gasteiger charge is -2.11. The molecule has 1 fully saturated rings. The van der Waals surface area contributed by atoms with Gasteiger partial charge in [0, 0.05) is 13.0 Å². The van der Waals surface area contributed by atoms with E-state index >= 15 is 0 Å². The van der Waals surface area contributed by atoms with Crippen molar-refractivity contribution in [3.63, 3.8) is 0 Å². The minimum atomic E-state index is -0.326. The summed E-state index contributed by atoms with van der Waals surface area (Å²) in [5, 5.41) is 0. The van der Waals surface area contributed by atoms with Gasteiger partial charge in [-0.2, -0.15) is 0 Å². The van der Waals surface area contributed by atoms with Gasteiger partial charge in [0.2, 0.25) is 5.78 Å². The molecule has 2 atom stereocenters. The van der Waals surface area contributed by atoms with Gasteiger partial charge in [-0.3, -0.25) is 4.79 Å². The first-order valence-electron chi connectivity index (χ1n) is 5.04. The van der Waals surface area contributed by atoms with Gasteiger partial charge in [0.1, 0.15) is 6.10 Å². The second-order valence-electron chi connectivity index (χ2n) is 3.63. The Bertz CT molecular complexity index is 262. The molecule has 2 unspecified atom stereocenters. The summed E-state index contributed by atoms with van der Waals surface area (Å²) >= 11 is 0. The van der Waals surface area contributed by atoms with Crippen molar-refractivity contribution in [1.29, 1.82) is 0 Å². The molecule has 0 aromatic carbocycles. The molecule has 2 aliphatic rings. The Hall–Kier alpha value is -0.870. The summed E-state index contributed by atoms with van der Waals surface area (Å²) in [7, 11) is 0. The molecule has 2 rings (SSSR count). The van der Waals surface area contributed by atoms with E-state index in [9.17, 15) is 4.79 Å². The fourth-order valence-electron chi connectivity index (χ4n) is 1.82. The molecule has 2 aliphatic heterocycles. The monoisotopic (exact) mass is 197 g/mol. The lowest BCUT2D eigenvalue weighted by atomic mass is 10.1. The van der Waals surface area contributed by atoms with Crippen molar-refractivity contribution in [1.82, 2.24) is 0 Å². The molecule has 2 heterocycles.